The SMILES string of the molecule is CCCCN(CCCC)CCCC.Nc1cc(-c2ccccc2)c(-c2ccccc2)c(-c2ccccc2)c1-c1ccccc1. The van der Waals surface area contributed by atoms with E-state index < -0.39 is 0 Å². The van der Waals surface area contributed by atoms with Crippen molar-refractivity contribution in [2.45, 2.75) is 59.3 Å². The Morgan fingerprint density at radius 3 is 1.16 bits per heavy atom. The zero-order chi connectivity index (χ0) is 31.0. The molecule has 0 aromatic heterocycles. The Bertz CT molecular complexity index is 1480. The maximum atomic E-state index is 6.78. The number of anilines is 1. The Morgan fingerprint density at radius 1 is 0.432 bits per heavy atom. The summed E-state index contributed by atoms with van der Waals surface area (Å²) in [6, 6.07) is 44.2. The average molecular weight is 583 g/mol. The minimum atomic E-state index is 0.781. The van der Waals surface area contributed by atoms with Gasteiger partial charge in [-0.2, -0.15) is 0 Å². The standard InChI is InChI=1S/C30H23N.C12H27N/c31-27-21-26(22-13-5-1-6-14-22)28(23-15-7-2-8-16-23)30(25-19-11-4-12-20-25)29(27)24-17-9-3-10-18-24;1-4-7-10-13(11-8-5-2)12-9-6-3/h1-21H,31H2;4-12H2,1-3H3. The molecule has 228 valence electrons. The molecule has 5 rings (SSSR count). The second kappa shape index (κ2) is 17.9. The molecule has 0 saturated carbocycles. The summed E-state index contributed by atoms with van der Waals surface area (Å²) in [6.07, 6.45) is 8.09. The lowest BCUT2D eigenvalue weighted by atomic mass is 9.82. The van der Waals surface area contributed by atoms with E-state index >= 15 is 0 Å². The van der Waals surface area contributed by atoms with Gasteiger partial charge in [-0.3, -0.25) is 0 Å². The Labute approximate surface area is 266 Å². The Kier molecular flexibility index (Phi) is 13.3. The van der Waals surface area contributed by atoms with Gasteiger partial charge in [0.25, 0.3) is 0 Å². The first-order valence-corrected chi connectivity index (χ1v) is 16.6. The average Bonchev–Trinajstić information content (AvgIpc) is 3.09. The van der Waals surface area contributed by atoms with E-state index in [-0.39, 0.29) is 0 Å². The number of nitrogen functional groups attached to an aromatic ring is 1. The van der Waals surface area contributed by atoms with Crippen LogP contribution in [0, 0.1) is 0 Å². The summed E-state index contributed by atoms with van der Waals surface area (Å²) in [5, 5.41) is 0. The molecule has 0 amide bonds. The summed E-state index contributed by atoms with van der Waals surface area (Å²) < 4.78 is 0. The number of rotatable bonds is 13. The molecule has 0 fully saturated rings. The van der Waals surface area contributed by atoms with Crippen molar-refractivity contribution in [3.63, 3.8) is 0 Å². The summed E-state index contributed by atoms with van der Waals surface area (Å²) >= 11 is 0. The second-order valence-corrected chi connectivity index (χ2v) is 11.5. The third-order valence-electron chi connectivity index (χ3n) is 8.11. The summed E-state index contributed by atoms with van der Waals surface area (Å²) in [7, 11) is 0. The van der Waals surface area contributed by atoms with Gasteiger partial charge >= 0.3 is 0 Å². The van der Waals surface area contributed by atoms with Gasteiger partial charge in [-0.25, -0.2) is 0 Å². The van der Waals surface area contributed by atoms with Gasteiger partial charge in [0.2, 0.25) is 0 Å². The van der Waals surface area contributed by atoms with Crippen molar-refractivity contribution in [1.82, 2.24) is 4.90 Å². The third kappa shape index (κ3) is 8.94. The molecule has 0 radical (unpaired) electrons. The van der Waals surface area contributed by atoms with Gasteiger partial charge < -0.3 is 10.6 Å². The molecule has 0 spiro atoms. The first kappa shape index (κ1) is 32.8. The third-order valence-corrected chi connectivity index (χ3v) is 8.11. The van der Waals surface area contributed by atoms with Crippen molar-refractivity contribution in [2.75, 3.05) is 25.4 Å². The van der Waals surface area contributed by atoms with Gasteiger partial charge in [0.1, 0.15) is 0 Å². The van der Waals surface area contributed by atoms with E-state index in [0.29, 0.717) is 0 Å². The van der Waals surface area contributed by atoms with E-state index in [1.807, 2.05) is 12.1 Å². The van der Waals surface area contributed by atoms with Crippen molar-refractivity contribution in [2.24, 2.45) is 0 Å². The van der Waals surface area contributed by atoms with Gasteiger partial charge in [0.15, 0.2) is 0 Å². The van der Waals surface area contributed by atoms with Crippen LogP contribution in [0.4, 0.5) is 5.69 Å². The van der Waals surface area contributed by atoms with Crippen molar-refractivity contribution < 1.29 is 0 Å². The number of hydrogen-bond donors (Lipinski definition) is 1. The number of benzene rings is 5. The fourth-order valence-corrected chi connectivity index (χ4v) is 5.74. The lowest BCUT2D eigenvalue weighted by Crippen LogP contribution is -2.27. The van der Waals surface area contributed by atoms with Crippen molar-refractivity contribution in [1.29, 1.82) is 0 Å². The number of unbranched alkanes of at least 4 members (excludes halogenated alkanes) is 3. The van der Waals surface area contributed by atoms with Gasteiger partial charge in [-0.1, -0.05) is 161 Å². The fourth-order valence-electron chi connectivity index (χ4n) is 5.74. The molecule has 2 heteroatoms. The maximum Gasteiger partial charge on any atom is 0.0406 e. The first-order chi connectivity index (χ1) is 21.7. The molecule has 2 N–H and O–H groups in total. The molecule has 0 aliphatic heterocycles. The molecule has 2 nitrogen and oxygen atoms in total. The van der Waals surface area contributed by atoms with Crippen LogP contribution in [-0.2, 0) is 0 Å². The summed E-state index contributed by atoms with van der Waals surface area (Å²) in [4.78, 5) is 2.64. The predicted molar refractivity (Wildman–Crippen MR) is 194 cm³/mol. The normalized spacial score (nSPS) is 10.8. The molecular formula is C42H50N2. The zero-order valence-electron chi connectivity index (χ0n) is 27.0. The summed E-state index contributed by atoms with van der Waals surface area (Å²) in [6.45, 7) is 10.8. The Morgan fingerprint density at radius 2 is 0.773 bits per heavy atom. The topological polar surface area (TPSA) is 29.3 Å². The van der Waals surface area contributed by atoms with E-state index in [4.69, 9.17) is 5.73 Å². The molecular weight excluding hydrogens is 532 g/mol. The van der Waals surface area contributed by atoms with Crippen LogP contribution in [0.5, 0.6) is 0 Å². The minimum Gasteiger partial charge on any atom is -0.398 e. The molecule has 5 aromatic carbocycles. The highest BCUT2D eigenvalue weighted by atomic mass is 15.1. The highest BCUT2D eigenvalue weighted by Crippen LogP contribution is 2.48. The van der Waals surface area contributed by atoms with Crippen LogP contribution in [0.25, 0.3) is 44.5 Å². The summed E-state index contributed by atoms with van der Waals surface area (Å²) in [5.41, 5.74) is 16.8. The largest absolute Gasteiger partial charge is 0.398 e. The van der Waals surface area contributed by atoms with Crippen LogP contribution in [0.15, 0.2) is 127 Å². The smallest absolute Gasteiger partial charge is 0.0406 e. The van der Waals surface area contributed by atoms with Crippen molar-refractivity contribution >= 4 is 5.69 Å². The van der Waals surface area contributed by atoms with Crippen LogP contribution in [0.3, 0.4) is 0 Å². The van der Waals surface area contributed by atoms with Crippen LogP contribution in [0.1, 0.15) is 59.3 Å². The highest BCUT2D eigenvalue weighted by Gasteiger charge is 2.21. The van der Waals surface area contributed by atoms with Gasteiger partial charge in [0.05, 0.1) is 0 Å². The molecule has 0 unspecified atom stereocenters. The van der Waals surface area contributed by atoms with E-state index in [0.717, 1.165) is 39.1 Å². The number of nitrogens with two attached hydrogens (primary N) is 1. The lowest BCUT2D eigenvalue weighted by Gasteiger charge is -2.22. The predicted octanol–water partition coefficient (Wildman–Crippen LogP) is 11.6. The van der Waals surface area contributed by atoms with Crippen molar-refractivity contribution in [3.05, 3.63) is 127 Å². The molecule has 0 heterocycles. The zero-order valence-corrected chi connectivity index (χ0v) is 27.0. The monoisotopic (exact) mass is 582 g/mol. The molecule has 0 atom stereocenters. The van der Waals surface area contributed by atoms with E-state index in [2.05, 4.69) is 141 Å². The van der Waals surface area contributed by atoms with Crippen LogP contribution < -0.4 is 5.73 Å². The van der Waals surface area contributed by atoms with Crippen molar-refractivity contribution in [3.8, 4) is 44.5 Å². The van der Waals surface area contributed by atoms with Gasteiger partial charge in [0, 0.05) is 16.8 Å². The van der Waals surface area contributed by atoms with Crippen LogP contribution in [0.2, 0.25) is 0 Å². The second-order valence-electron chi connectivity index (χ2n) is 11.5. The maximum absolute atomic E-state index is 6.78. The highest BCUT2D eigenvalue weighted by molar-refractivity contribution is 6.05. The van der Waals surface area contributed by atoms with Crippen LogP contribution >= 0.6 is 0 Å². The Hall–Kier alpha value is -4.14. The molecule has 0 aliphatic carbocycles. The molecule has 0 aliphatic rings. The number of nitrogens with zero attached hydrogens (tertiary/aromatic N) is 1. The quantitative estimate of drug-likeness (QED) is 0.140. The van der Waals surface area contributed by atoms with E-state index in [1.165, 1.54) is 69.3 Å². The fraction of sp³-hybridized carbons (Fsp3) is 0.286. The van der Waals surface area contributed by atoms with Gasteiger partial charge in [-0.05, 0) is 78.3 Å². The molecule has 0 bridgehead atoms. The van der Waals surface area contributed by atoms with Crippen LogP contribution in [-0.4, -0.2) is 24.5 Å². The van der Waals surface area contributed by atoms with E-state index in [9.17, 15) is 0 Å². The molecule has 5 aromatic rings. The molecule has 0 saturated heterocycles. The first-order valence-electron chi connectivity index (χ1n) is 16.6. The Balaban J connectivity index is 0.000000289. The van der Waals surface area contributed by atoms with E-state index in [1.54, 1.807) is 0 Å². The number of hydrogen-bond acceptors (Lipinski definition) is 2. The van der Waals surface area contributed by atoms with Gasteiger partial charge in [-0.15, -0.1) is 0 Å². The lowest BCUT2D eigenvalue weighted by molar-refractivity contribution is 0.261. The molecule has 44 heavy (non-hydrogen) atoms. The minimum absolute atomic E-state index is 0.781. The summed E-state index contributed by atoms with van der Waals surface area (Å²) in [5.74, 6) is 0.